The van der Waals surface area contributed by atoms with Gasteiger partial charge in [-0.1, -0.05) is 30.1 Å². The maximum absolute atomic E-state index is 8.36. The molecule has 0 fully saturated rings. The first kappa shape index (κ1) is 19.3. The third-order valence-electron chi connectivity index (χ3n) is 3.28. The number of halogens is 2. The van der Waals surface area contributed by atoms with Crippen LogP contribution in [0.3, 0.4) is 0 Å². The van der Waals surface area contributed by atoms with E-state index in [0.29, 0.717) is 10.0 Å². The predicted molar refractivity (Wildman–Crippen MR) is 92.8 cm³/mol. The average molecular weight is 356 g/mol. The second-order valence-corrected chi connectivity index (χ2v) is 5.88. The molecular formula is C17H19Cl2NO3. The van der Waals surface area contributed by atoms with Crippen LogP contribution in [0.2, 0.25) is 10.0 Å². The maximum Gasteiger partial charge on any atom is 0.290 e. The summed E-state index contributed by atoms with van der Waals surface area (Å²) in [5.74, 6) is 1.06. The molecular weight excluding hydrogens is 337 g/mol. The smallest absolute Gasteiger partial charge is 0.290 e. The predicted octanol–water partition coefficient (Wildman–Crippen LogP) is 4.75. The van der Waals surface area contributed by atoms with E-state index in [9.17, 15) is 0 Å². The van der Waals surface area contributed by atoms with Gasteiger partial charge in [0.1, 0.15) is 5.75 Å². The van der Waals surface area contributed by atoms with Gasteiger partial charge in [-0.05, 0) is 54.7 Å². The van der Waals surface area contributed by atoms with Gasteiger partial charge < -0.3 is 9.84 Å². The number of benzene rings is 1. The van der Waals surface area contributed by atoms with E-state index in [1.807, 2.05) is 37.4 Å². The molecule has 0 aliphatic heterocycles. The Hall–Kier alpha value is -1.78. The summed E-state index contributed by atoms with van der Waals surface area (Å²) in [6.07, 6.45) is 2.58. The Morgan fingerprint density at radius 3 is 2.57 bits per heavy atom. The minimum absolute atomic E-state index is 0.219. The van der Waals surface area contributed by atoms with E-state index in [1.165, 1.54) is 0 Å². The average Bonchev–Trinajstić information content (AvgIpc) is 2.50. The van der Waals surface area contributed by atoms with Crippen LogP contribution in [0.4, 0.5) is 0 Å². The number of carboxylic acid groups (broad SMARTS) is 1. The summed E-state index contributed by atoms with van der Waals surface area (Å²) in [4.78, 5) is 12.8. The Labute approximate surface area is 146 Å². The van der Waals surface area contributed by atoms with E-state index in [-0.39, 0.29) is 12.4 Å². The van der Waals surface area contributed by atoms with Crippen molar-refractivity contribution in [2.75, 3.05) is 7.11 Å². The summed E-state index contributed by atoms with van der Waals surface area (Å²) < 4.78 is 5.40. The lowest BCUT2D eigenvalue weighted by molar-refractivity contribution is -0.122. The first-order valence-corrected chi connectivity index (χ1v) is 7.70. The molecule has 1 heterocycles. The lowest BCUT2D eigenvalue weighted by Gasteiger charge is -2.16. The van der Waals surface area contributed by atoms with E-state index in [0.717, 1.165) is 29.0 Å². The Morgan fingerprint density at radius 2 is 2.00 bits per heavy atom. The van der Waals surface area contributed by atoms with Gasteiger partial charge in [-0.3, -0.25) is 9.78 Å². The largest absolute Gasteiger partial charge is 0.496 e. The van der Waals surface area contributed by atoms with Crippen molar-refractivity contribution < 1.29 is 14.6 Å². The first-order valence-electron chi connectivity index (χ1n) is 6.95. The number of ether oxygens (including phenoxy) is 1. The van der Waals surface area contributed by atoms with Crippen LogP contribution in [0.25, 0.3) is 0 Å². The number of hydrogen-bond acceptors (Lipinski definition) is 3. The second-order valence-electron chi connectivity index (χ2n) is 5.04. The lowest BCUT2D eigenvalue weighted by Crippen LogP contribution is -2.03. The Kier molecular flexibility index (Phi) is 7.86. The maximum atomic E-state index is 8.36. The van der Waals surface area contributed by atoms with Crippen LogP contribution in [0.5, 0.6) is 5.75 Å². The topological polar surface area (TPSA) is 59.4 Å². The van der Waals surface area contributed by atoms with Gasteiger partial charge in [0.05, 0.1) is 17.8 Å². The quantitative estimate of drug-likeness (QED) is 0.803. The molecule has 1 aromatic carbocycles. The SMILES string of the molecule is COc1ccc(Cl)cc1C(C)Cc1ncc(C)cc1Cl.O=CO. The van der Waals surface area contributed by atoms with Gasteiger partial charge in [0.25, 0.3) is 6.47 Å². The molecule has 124 valence electrons. The zero-order chi connectivity index (χ0) is 17.4. The fourth-order valence-electron chi connectivity index (χ4n) is 2.20. The zero-order valence-corrected chi connectivity index (χ0v) is 14.7. The van der Waals surface area contributed by atoms with E-state index >= 15 is 0 Å². The number of aromatic nitrogens is 1. The fraction of sp³-hybridized carbons (Fsp3) is 0.294. The summed E-state index contributed by atoms with van der Waals surface area (Å²) in [5.41, 5.74) is 3.02. The third-order valence-corrected chi connectivity index (χ3v) is 3.84. The number of aryl methyl sites for hydroxylation is 1. The highest BCUT2D eigenvalue weighted by Crippen LogP contribution is 2.32. The van der Waals surface area contributed by atoms with Crippen LogP contribution in [-0.2, 0) is 11.2 Å². The van der Waals surface area contributed by atoms with Crippen molar-refractivity contribution >= 4 is 29.7 Å². The van der Waals surface area contributed by atoms with E-state index in [2.05, 4.69) is 11.9 Å². The van der Waals surface area contributed by atoms with Crippen molar-refractivity contribution in [1.29, 1.82) is 0 Å². The highest BCUT2D eigenvalue weighted by Gasteiger charge is 2.15. The fourth-order valence-corrected chi connectivity index (χ4v) is 2.68. The van der Waals surface area contributed by atoms with Crippen LogP contribution in [0.1, 0.15) is 29.7 Å². The molecule has 0 amide bonds. The number of methoxy groups -OCH3 is 1. The molecule has 1 atom stereocenters. The molecule has 6 heteroatoms. The lowest BCUT2D eigenvalue weighted by atomic mass is 9.95. The number of hydrogen-bond donors (Lipinski definition) is 1. The number of nitrogens with zero attached hydrogens (tertiary/aromatic N) is 1. The Morgan fingerprint density at radius 1 is 1.35 bits per heavy atom. The molecule has 2 rings (SSSR count). The highest BCUT2D eigenvalue weighted by atomic mass is 35.5. The molecule has 23 heavy (non-hydrogen) atoms. The van der Waals surface area contributed by atoms with Crippen LogP contribution >= 0.6 is 23.2 Å². The van der Waals surface area contributed by atoms with Gasteiger partial charge in [-0.2, -0.15) is 0 Å². The van der Waals surface area contributed by atoms with Gasteiger partial charge >= 0.3 is 0 Å². The summed E-state index contributed by atoms with van der Waals surface area (Å²) >= 11 is 12.3. The van der Waals surface area contributed by atoms with Crippen molar-refractivity contribution in [3.8, 4) is 5.75 Å². The van der Waals surface area contributed by atoms with Gasteiger partial charge in [0.15, 0.2) is 0 Å². The molecule has 0 spiro atoms. The summed E-state index contributed by atoms with van der Waals surface area (Å²) in [6, 6.07) is 7.59. The molecule has 0 bridgehead atoms. The van der Waals surface area contributed by atoms with Crippen molar-refractivity contribution in [3.05, 3.63) is 57.3 Å². The van der Waals surface area contributed by atoms with Crippen LogP contribution < -0.4 is 4.74 Å². The Balaban J connectivity index is 0.000000816. The number of rotatable bonds is 4. The molecule has 1 N–H and O–H groups in total. The monoisotopic (exact) mass is 355 g/mol. The van der Waals surface area contributed by atoms with Gasteiger partial charge in [-0.25, -0.2) is 0 Å². The van der Waals surface area contributed by atoms with E-state index in [4.69, 9.17) is 37.8 Å². The minimum atomic E-state index is -0.250. The molecule has 2 aromatic rings. The van der Waals surface area contributed by atoms with Crippen LogP contribution in [-0.4, -0.2) is 23.7 Å². The molecule has 0 aliphatic rings. The number of pyridine rings is 1. The normalized spacial score (nSPS) is 11.2. The van der Waals surface area contributed by atoms with E-state index < -0.39 is 0 Å². The molecule has 0 aliphatic carbocycles. The summed E-state index contributed by atoms with van der Waals surface area (Å²) in [6.45, 7) is 3.85. The number of carbonyl (C=O) groups is 1. The Bertz CT molecular complexity index is 662. The molecule has 4 nitrogen and oxygen atoms in total. The minimum Gasteiger partial charge on any atom is -0.496 e. The summed E-state index contributed by atoms with van der Waals surface area (Å²) in [5, 5.41) is 8.30. The van der Waals surface area contributed by atoms with Crippen molar-refractivity contribution in [3.63, 3.8) is 0 Å². The van der Waals surface area contributed by atoms with Gasteiger partial charge in [0, 0.05) is 11.2 Å². The van der Waals surface area contributed by atoms with E-state index in [1.54, 1.807) is 7.11 Å². The standard InChI is InChI=1S/C16H17Cl2NO.CH2O2/c1-10-6-14(18)15(19-9-10)7-11(2)13-8-12(17)4-5-16(13)20-3;2-1-3/h4-6,8-9,11H,7H2,1-3H3;1H,(H,2,3). The molecule has 0 saturated heterocycles. The second kappa shape index (κ2) is 9.38. The third kappa shape index (κ3) is 5.73. The van der Waals surface area contributed by atoms with Crippen LogP contribution in [0, 0.1) is 6.92 Å². The first-order chi connectivity index (χ1) is 10.9. The summed E-state index contributed by atoms with van der Waals surface area (Å²) in [7, 11) is 1.66. The molecule has 0 saturated carbocycles. The highest BCUT2D eigenvalue weighted by molar-refractivity contribution is 6.31. The molecule has 1 unspecified atom stereocenters. The van der Waals surface area contributed by atoms with Crippen molar-refractivity contribution in [2.24, 2.45) is 0 Å². The molecule has 1 aromatic heterocycles. The zero-order valence-electron chi connectivity index (χ0n) is 13.2. The van der Waals surface area contributed by atoms with Gasteiger partial charge in [0.2, 0.25) is 0 Å². The van der Waals surface area contributed by atoms with Crippen LogP contribution in [0.15, 0.2) is 30.5 Å². The van der Waals surface area contributed by atoms with Crippen molar-refractivity contribution in [2.45, 2.75) is 26.2 Å². The van der Waals surface area contributed by atoms with Gasteiger partial charge in [-0.15, -0.1) is 0 Å². The van der Waals surface area contributed by atoms with Crippen molar-refractivity contribution in [1.82, 2.24) is 4.98 Å². The molecule has 0 radical (unpaired) electrons.